The molecule has 0 unspecified atom stereocenters. The van der Waals surface area contributed by atoms with E-state index in [1.54, 1.807) is 17.5 Å². The zero-order chi connectivity index (χ0) is 17.1. The molecule has 7 heteroatoms. The molecular formula is C18H21N3O3S. The average molecular weight is 359 g/mol. The van der Waals surface area contributed by atoms with Gasteiger partial charge in [0, 0.05) is 30.8 Å². The zero-order valence-electron chi connectivity index (χ0n) is 13.9. The van der Waals surface area contributed by atoms with Gasteiger partial charge in [0.1, 0.15) is 5.82 Å². The van der Waals surface area contributed by atoms with Crippen molar-refractivity contribution in [3.05, 3.63) is 40.7 Å². The predicted molar refractivity (Wildman–Crippen MR) is 97.0 cm³/mol. The van der Waals surface area contributed by atoms with E-state index in [9.17, 15) is 4.79 Å². The Kier molecular flexibility index (Phi) is 4.70. The van der Waals surface area contributed by atoms with E-state index in [1.165, 1.54) is 0 Å². The minimum atomic E-state index is -0.369. The van der Waals surface area contributed by atoms with E-state index in [0.717, 1.165) is 42.3 Å². The molecule has 2 aliphatic heterocycles. The molecule has 4 rings (SSSR count). The van der Waals surface area contributed by atoms with Crippen LogP contribution in [0, 0.1) is 0 Å². The van der Waals surface area contributed by atoms with Gasteiger partial charge >= 0.3 is 0 Å². The highest BCUT2D eigenvalue weighted by atomic mass is 32.1. The largest absolute Gasteiger partial charge is 0.356 e. The number of piperidine rings is 1. The van der Waals surface area contributed by atoms with Crippen LogP contribution in [-0.2, 0) is 20.7 Å². The summed E-state index contributed by atoms with van der Waals surface area (Å²) in [6, 6.07) is 7.78. The second-order valence-electron chi connectivity index (χ2n) is 6.30. The number of ether oxygens (including phenoxy) is 2. The van der Waals surface area contributed by atoms with Crippen LogP contribution in [-0.4, -0.2) is 43.0 Å². The summed E-state index contributed by atoms with van der Waals surface area (Å²) in [5, 5.41) is 4.87. The van der Waals surface area contributed by atoms with Gasteiger partial charge in [-0.1, -0.05) is 6.07 Å². The van der Waals surface area contributed by atoms with Crippen molar-refractivity contribution >= 4 is 28.7 Å². The molecule has 2 fully saturated rings. The maximum atomic E-state index is 12.0. The first kappa shape index (κ1) is 16.5. The summed E-state index contributed by atoms with van der Waals surface area (Å²) in [4.78, 5) is 19.8. The molecule has 0 aliphatic carbocycles. The van der Waals surface area contributed by atoms with Crippen LogP contribution in [0.2, 0.25) is 0 Å². The van der Waals surface area contributed by atoms with Crippen molar-refractivity contribution in [3.8, 4) is 0 Å². The molecule has 2 saturated heterocycles. The molecule has 0 bridgehead atoms. The molecule has 4 heterocycles. The maximum Gasteiger partial charge on any atom is 0.229 e. The summed E-state index contributed by atoms with van der Waals surface area (Å²) in [7, 11) is 0. The number of amides is 1. The summed E-state index contributed by atoms with van der Waals surface area (Å²) in [5.41, 5.74) is 0.723. The Morgan fingerprint density at radius 2 is 2.04 bits per heavy atom. The molecule has 0 radical (unpaired) electrons. The highest BCUT2D eigenvalue weighted by Gasteiger charge is 2.39. The molecule has 0 atom stereocenters. The van der Waals surface area contributed by atoms with Crippen LogP contribution in [0.4, 0.5) is 11.5 Å². The van der Waals surface area contributed by atoms with Crippen molar-refractivity contribution < 1.29 is 14.3 Å². The first-order valence-corrected chi connectivity index (χ1v) is 9.42. The minimum Gasteiger partial charge on any atom is -0.356 e. The summed E-state index contributed by atoms with van der Waals surface area (Å²) in [5.74, 6) is 0.531. The molecule has 25 heavy (non-hydrogen) atoms. The standard InChI is InChI=1S/C18H21N3O3S/c22-17(12-15-2-1-11-25-15)20-14-3-4-16(19-13-14)21-7-5-18(6-8-21)23-9-10-24-18/h1-4,11,13H,5-10,12H2,(H,20,22). The number of carbonyl (C=O) groups is 1. The van der Waals surface area contributed by atoms with Gasteiger partial charge in [0.15, 0.2) is 5.79 Å². The summed E-state index contributed by atoms with van der Waals surface area (Å²) in [6.45, 7) is 3.10. The Bertz CT molecular complexity index is 702. The quantitative estimate of drug-likeness (QED) is 0.909. The van der Waals surface area contributed by atoms with Crippen LogP contribution >= 0.6 is 11.3 Å². The maximum absolute atomic E-state index is 12.0. The van der Waals surface area contributed by atoms with Gasteiger partial charge in [-0.3, -0.25) is 4.79 Å². The first-order valence-electron chi connectivity index (χ1n) is 8.54. The Labute approximate surface area is 150 Å². The lowest BCUT2D eigenvalue weighted by Crippen LogP contribution is -2.45. The van der Waals surface area contributed by atoms with E-state index in [-0.39, 0.29) is 11.7 Å². The van der Waals surface area contributed by atoms with Crippen LogP contribution in [0.1, 0.15) is 17.7 Å². The van der Waals surface area contributed by atoms with Gasteiger partial charge in [-0.25, -0.2) is 4.98 Å². The topological polar surface area (TPSA) is 63.7 Å². The number of hydrogen-bond acceptors (Lipinski definition) is 6. The third-order valence-corrected chi connectivity index (χ3v) is 5.49. The lowest BCUT2D eigenvalue weighted by Gasteiger charge is -2.38. The molecule has 1 N–H and O–H groups in total. The van der Waals surface area contributed by atoms with Crippen molar-refractivity contribution in [2.24, 2.45) is 0 Å². The van der Waals surface area contributed by atoms with E-state index < -0.39 is 0 Å². The number of thiophene rings is 1. The van der Waals surface area contributed by atoms with Gasteiger partial charge in [-0.15, -0.1) is 11.3 Å². The van der Waals surface area contributed by atoms with E-state index in [4.69, 9.17) is 9.47 Å². The number of carbonyl (C=O) groups excluding carboxylic acids is 1. The van der Waals surface area contributed by atoms with Gasteiger partial charge in [-0.2, -0.15) is 0 Å². The number of aromatic nitrogens is 1. The summed E-state index contributed by atoms with van der Waals surface area (Å²) >= 11 is 1.59. The van der Waals surface area contributed by atoms with Gasteiger partial charge in [0.05, 0.1) is 31.5 Å². The van der Waals surface area contributed by atoms with Gasteiger partial charge in [0.25, 0.3) is 0 Å². The number of hydrogen-bond donors (Lipinski definition) is 1. The summed E-state index contributed by atoms with van der Waals surface area (Å²) < 4.78 is 11.5. The zero-order valence-corrected chi connectivity index (χ0v) is 14.8. The van der Waals surface area contributed by atoms with E-state index >= 15 is 0 Å². The SMILES string of the molecule is O=C(Cc1cccs1)Nc1ccc(N2CCC3(CC2)OCCO3)nc1. The normalized spacial score (nSPS) is 19.3. The van der Waals surface area contributed by atoms with Crippen molar-refractivity contribution in [1.29, 1.82) is 0 Å². The van der Waals surface area contributed by atoms with Gasteiger partial charge in [-0.05, 0) is 23.6 Å². The Balaban J connectivity index is 1.32. The van der Waals surface area contributed by atoms with Gasteiger partial charge < -0.3 is 19.7 Å². The van der Waals surface area contributed by atoms with Crippen LogP contribution in [0.25, 0.3) is 0 Å². The fraction of sp³-hybridized carbons (Fsp3) is 0.444. The highest BCUT2D eigenvalue weighted by Crippen LogP contribution is 2.32. The fourth-order valence-corrected chi connectivity index (χ4v) is 3.99. The van der Waals surface area contributed by atoms with Crippen molar-refractivity contribution in [2.75, 3.05) is 36.5 Å². The number of pyridine rings is 1. The van der Waals surface area contributed by atoms with E-state index in [0.29, 0.717) is 19.6 Å². The minimum absolute atomic E-state index is 0.0209. The average Bonchev–Trinajstić information content (AvgIpc) is 3.29. The van der Waals surface area contributed by atoms with Crippen LogP contribution in [0.3, 0.4) is 0 Å². The third-order valence-electron chi connectivity index (χ3n) is 4.61. The van der Waals surface area contributed by atoms with Crippen LogP contribution in [0.15, 0.2) is 35.8 Å². The van der Waals surface area contributed by atoms with Crippen LogP contribution in [0.5, 0.6) is 0 Å². The number of anilines is 2. The lowest BCUT2D eigenvalue weighted by atomic mass is 10.0. The molecule has 6 nitrogen and oxygen atoms in total. The highest BCUT2D eigenvalue weighted by molar-refractivity contribution is 7.10. The van der Waals surface area contributed by atoms with Crippen molar-refractivity contribution in [1.82, 2.24) is 4.98 Å². The second-order valence-corrected chi connectivity index (χ2v) is 7.34. The molecule has 0 saturated carbocycles. The van der Waals surface area contributed by atoms with Crippen LogP contribution < -0.4 is 10.2 Å². The molecule has 1 amide bonds. The monoisotopic (exact) mass is 359 g/mol. The van der Waals surface area contributed by atoms with E-state index in [1.807, 2.05) is 29.6 Å². The Hall–Kier alpha value is -1.96. The molecule has 0 aromatic carbocycles. The number of nitrogens with one attached hydrogen (secondary N) is 1. The molecule has 2 aliphatic rings. The van der Waals surface area contributed by atoms with Gasteiger partial charge in [0.2, 0.25) is 5.91 Å². The Morgan fingerprint density at radius 1 is 1.24 bits per heavy atom. The molecular weight excluding hydrogens is 338 g/mol. The molecule has 2 aromatic heterocycles. The van der Waals surface area contributed by atoms with Crippen molar-refractivity contribution in [2.45, 2.75) is 25.0 Å². The van der Waals surface area contributed by atoms with Crippen molar-refractivity contribution in [3.63, 3.8) is 0 Å². The third kappa shape index (κ3) is 3.84. The number of nitrogens with zero attached hydrogens (tertiary/aromatic N) is 2. The molecule has 2 aromatic rings. The Morgan fingerprint density at radius 3 is 2.68 bits per heavy atom. The number of rotatable bonds is 4. The molecule has 132 valence electrons. The first-order chi connectivity index (χ1) is 12.2. The summed E-state index contributed by atoms with van der Waals surface area (Å²) in [6.07, 6.45) is 3.82. The predicted octanol–water partition coefficient (Wildman–Crippen LogP) is 2.67. The second kappa shape index (κ2) is 7.11. The lowest BCUT2D eigenvalue weighted by molar-refractivity contribution is -0.169. The fourth-order valence-electron chi connectivity index (χ4n) is 3.29. The van der Waals surface area contributed by atoms with E-state index in [2.05, 4.69) is 15.2 Å². The smallest absolute Gasteiger partial charge is 0.229 e. The molecule has 1 spiro atoms.